The summed E-state index contributed by atoms with van der Waals surface area (Å²) in [7, 11) is 0. The van der Waals surface area contributed by atoms with Crippen molar-refractivity contribution in [2.45, 2.75) is 18.9 Å². The van der Waals surface area contributed by atoms with Crippen LogP contribution in [0.3, 0.4) is 0 Å². The monoisotopic (exact) mass is 307 g/mol. The van der Waals surface area contributed by atoms with Crippen LogP contribution in [0, 0.1) is 10.1 Å². The maximum atomic E-state index is 11.8. The summed E-state index contributed by atoms with van der Waals surface area (Å²) in [5, 5.41) is 15.8. The number of carbonyl (C=O) groups excluding carboxylic acids is 2. The Morgan fingerprint density at radius 3 is 2.86 bits per heavy atom. The van der Waals surface area contributed by atoms with Crippen molar-refractivity contribution in [3.05, 3.63) is 39.9 Å². The minimum absolute atomic E-state index is 0.0384. The Balaban J connectivity index is 1.78. The van der Waals surface area contributed by atoms with Gasteiger partial charge in [0.05, 0.1) is 17.6 Å². The molecule has 1 aliphatic heterocycles. The summed E-state index contributed by atoms with van der Waals surface area (Å²) in [6, 6.07) is 5.34. The van der Waals surface area contributed by atoms with Gasteiger partial charge in [0.15, 0.2) is 0 Å². The molecule has 1 atom stereocenters. The van der Waals surface area contributed by atoms with Crippen molar-refractivity contribution in [2.24, 2.45) is 0 Å². The standard InChI is InChI=1S/C14H17N3O5/c18-13(15-8-12-5-2-6-22-12)9-16-14(19)10-3-1-4-11(7-10)17(20)21/h1,3-4,7,12H,2,5-6,8-9H2,(H,15,18)(H,16,19). The number of nitro benzene ring substituents is 1. The Kier molecular flexibility index (Phi) is 5.42. The van der Waals surface area contributed by atoms with E-state index in [2.05, 4.69) is 10.6 Å². The maximum absolute atomic E-state index is 11.8. The average molecular weight is 307 g/mol. The molecule has 0 saturated carbocycles. The Bertz CT molecular complexity index is 569. The molecule has 1 heterocycles. The third-order valence-electron chi connectivity index (χ3n) is 3.28. The molecule has 1 fully saturated rings. The van der Waals surface area contributed by atoms with E-state index in [4.69, 9.17) is 4.74 Å². The predicted octanol–water partition coefficient (Wildman–Crippen LogP) is 0.620. The van der Waals surface area contributed by atoms with Gasteiger partial charge in [-0.1, -0.05) is 6.07 Å². The van der Waals surface area contributed by atoms with Gasteiger partial charge in [0.1, 0.15) is 0 Å². The zero-order chi connectivity index (χ0) is 15.9. The lowest BCUT2D eigenvalue weighted by atomic mass is 10.2. The lowest BCUT2D eigenvalue weighted by Crippen LogP contribution is -2.39. The number of nitrogens with one attached hydrogen (secondary N) is 2. The second kappa shape index (κ2) is 7.51. The number of ether oxygens (including phenoxy) is 1. The van der Waals surface area contributed by atoms with Gasteiger partial charge < -0.3 is 15.4 Å². The van der Waals surface area contributed by atoms with Crippen LogP contribution in [0.2, 0.25) is 0 Å². The largest absolute Gasteiger partial charge is 0.376 e. The van der Waals surface area contributed by atoms with Crippen LogP contribution < -0.4 is 10.6 Å². The number of nitro groups is 1. The van der Waals surface area contributed by atoms with Gasteiger partial charge in [-0.2, -0.15) is 0 Å². The van der Waals surface area contributed by atoms with Crippen molar-refractivity contribution in [2.75, 3.05) is 19.7 Å². The second-order valence-electron chi connectivity index (χ2n) is 4.93. The topological polar surface area (TPSA) is 111 Å². The molecule has 118 valence electrons. The fraction of sp³-hybridized carbons (Fsp3) is 0.429. The van der Waals surface area contributed by atoms with Crippen LogP contribution in [0.1, 0.15) is 23.2 Å². The second-order valence-corrected chi connectivity index (χ2v) is 4.93. The van der Waals surface area contributed by atoms with Crippen LogP contribution in [0.15, 0.2) is 24.3 Å². The lowest BCUT2D eigenvalue weighted by molar-refractivity contribution is -0.384. The molecule has 2 rings (SSSR count). The molecular formula is C14H17N3O5. The van der Waals surface area contributed by atoms with Crippen molar-refractivity contribution in [1.29, 1.82) is 0 Å². The molecule has 1 aromatic carbocycles. The summed E-state index contributed by atoms with van der Waals surface area (Å²) in [5.74, 6) is -0.856. The first-order valence-electron chi connectivity index (χ1n) is 6.97. The van der Waals surface area contributed by atoms with Crippen LogP contribution in [-0.4, -0.2) is 42.5 Å². The summed E-state index contributed by atoms with van der Waals surface area (Å²) in [5.41, 5.74) is -0.0309. The van der Waals surface area contributed by atoms with E-state index >= 15 is 0 Å². The van der Waals surface area contributed by atoms with Gasteiger partial charge in [-0.15, -0.1) is 0 Å². The summed E-state index contributed by atoms with van der Waals surface area (Å²) in [4.78, 5) is 33.5. The maximum Gasteiger partial charge on any atom is 0.270 e. The zero-order valence-electron chi connectivity index (χ0n) is 11.9. The first-order chi connectivity index (χ1) is 10.6. The van der Waals surface area contributed by atoms with Crippen molar-refractivity contribution in [3.8, 4) is 0 Å². The van der Waals surface area contributed by atoms with Crippen molar-refractivity contribution >= 4 is 17.5 Å². The molecule has 0 spiro atoms. The molecule has 0 aliphatic carbocycles. The molecule has 1 aliphatic rings. The van der Waals surface area contributed by atoms with Crippen molar-refractivity contribution in [3.63, 3.8) is 0 Å². The molecule has 0 bridgehead atoms. The van der Waals surface area contributed by atoms with Crippen LogP contribution in [0.4, 0.5) is 5.69 Å². The Morgan fingerprint density at radius 1 is 1.36 bits per heavy atom. The van der Waals surface area contributed by atoms with Crippen molar-refractivity contribution in [1.82, 2.24) is 10.6 Å². The number of non-ortho nitro benzene ring substituents is 1. The minimum atomic E-state index is -0.578. The Morgan fingerprint density at radius 2 is 2.18 bits per heavy atom. The van der Waals surface area contributed by atoms with E-state index in [-0.39, 0.29) is 29.8 Å². The normalized spacial score (nSPS) is 17.0. The molecular weight excluding hydrogens is 290 g/mol. The SMILES string of the molecule is O=C(CNC(=O)c1cccc([N+](=O)[O-])c1)NCC1CCCO1. The number of hydrogen-bond donors (Lipinski definition) is 2. The molecule has 0 aromatic heterocycles. The fourth-order valence-corrected chi connectivity index (χ4v) is 2.12. The summed E-state index contributed by atoms with van der Waals surface area (Å²) >= 11 is 0. The van der Waals surface area contributed by atoms with Gasteiger partial charge >= 0.3 is 0 Å². The van der Waals surface area contributed by atoms with E-state index in [1.807, 2.05) is 0 Å². The van der Waals surface area contributed by atoms with Gasteiger partial charge in [-0.3, -0.25) is 19.7 Å². The van der Waals surface area contributed by atoms with Gasteiger partial charge in [0.2, 0.25) is 5.91 Å². The number of nitrogens with zero attached hydrogens (tertiary/aromatic N) is 1. The van der Waals surface area contributed by atoms with Gasteiger partial charge in [0, 0.05) is 30.8 Å². The van der Waals surface area contributed by atoms with E-state index in [0.717, 1.165) is 12.8 Å². The third-order valence-corrected chi connectivity index (χ3v) is 3.28. The summed E-state index contributed by atoms with van der Waals surface area (Å²) in [6.45, 7) is 0.948. The number of hydrogen-bond acceptors (Lipinski definition) is 5. The van der Waals surface area contributed by atoms with E-state index < -0.39 is 10.8 Å². The van der Waals surface area contributed by atoms with E-state index in [1.54, 1.807) is 0 Å². The van der Waals surface area contributed by atoms with Crippen molar-refractivity contribution < 1.29 is 19.2 Å². The first kappa shape index (κ1) is 15.9. The summed E-state index contributed by atoms with van der Waals surface area (Å²) < 4.78 is 5.37. The highest BCUT2D eigenvalue weighted by Gasteiger charge is 2.17. The van der Waals surface area contributed by atoms with Crippen LogP contribution >= 0.6 is 0 Å². The molecule has 1 unspecified atom stereocenters. The van der Waals surface area contributed by atoms with E-state index in [9.17, 15) is 19.7 Å². The van der Waals surface area contributed by atoms with Gasteiger partial charge in [-0.05, 0) is 18.9 Å². The number of amides is 2. The highest BCUT2D eigenvalue weighted by atomic mass is 16.6. The van der Waals surface area contributed by atoms with E-state index in [1.165, 1.54) is 24.3 Å². The molecule has 2 N–H and O–H groups in total. The van der Waals surface area contributed by atoms with Crippen LogP contribution in [0.5, 0.6) is 0 Å². The zero-order valence-corrected chi connectivity index (χ0v) is 11.9. The fourth-order valence-electron chi connectivity index (χ4n) is 2.12. The Hall–Kier alpha value is -2.48. The highest BCUT2D eigenvalue weighted by molar-refractivity contribution is 5.96. The molecule has 1 saturated heterocycles. The Labute approximate surface area is 127 Å². The molecule has 0 radical (unpaired) electrons. The number of rotatable bonds is 6. The lowest BCUT2D eigenvalue weighted by Gasteiger charge is -2.11. The average Bonchev–Trinajstić information content (AvgIpc) is 3.04. The number of carbonyl (C=O) groups is 2. The smallest absolute Gasteiger partial charge is 0.270 e. The predicted molar refractivity (Wildman–Crippen MR) is 77.4 cm³/mol. The van der Waals surface area contributed by atoms with E-state index in [0.29, 0.717) is 13.2 Å². The van der Waals surface area contributed by atoms with Gasteiger partial charge in [-0.25, -0.2) is 0 Å². The molecule has 8 nitrogen and oxygen atoms in total. The highest BCUT2D eigenvalue weighted by Crippen LogP contribution is 2.13. The third kappa shape index (κ3) is 4.52. The summed E-state index contributed by atoms with van der Waals surface area (Å²) in [6.07, 6.45) is 1.95. The quantitative estimate of drug-likeness (QED) is 0.591. The van der Waals surface area contributed by atoms with Crippen LogP contribution in [-0.2, 0) is 9.53 Å². The molecule has 22 heavy (non-hydrogen) atoms. The molecule has 1 aromatic rings. The molecule has 8 heteroatoms. The van der Waals surface area contributed by atoms with Gasteiger partial charge in [0.25, 0.3) is 11.6 Å². The number of benzene rings is 1. The first-order valence-corrected chi connectivity index (χ1v) is 6.97. The minimum Gasteiger partial charge on any atom is -0.376 e. The molecule has 2 amide bonds. The van der Waals surface area contributed by atoms with Crippen LogP contribution in [0.25, 0.3) is 0 Å².